The predicted octanol–water partition coefficient (Wildman–Crippen LogP) is 24.2. The summed E-state index contributed by atoms with van der Waals surface area (Å²) in [6.07, 6.45) is 39.7. The molecule has 138 heavy (non-hydrogen) atoms. The molecule has 3 unspecified atom stereocenters. The van der Waals surface area contributed by atoms with E-state index < -0.39 is 38.6 Å². The highest BCUT2D eigenvalue weighted by molar-refractivity contribution is 6.05. The van der Waals surface area contributed by atoms with Crippen LogP contribution < -0.4 is 0 Å². The molecule has 766 valence electrons. The molecule has 3 heterocycles. The molecule has 16 aliphatic carbocycles. The van der Waals surface area contributed by atoms with Gasteiger partial charge < -0.3 is 48.6 Å². The van der Waals surface area contributed by atoms with E-state index in [-0.39, 0.29) is 146 Å². The maximum atomic E-state index is 13.5. The van der Waals surface area contributed by atoms with Crippen molar-refractivity contribution in [2.45, 2.75) is 373 Å². The van der Waals surface area contributed by atoms with Crippen molar-refractivity contribution in [3.05, 3.63) is 122 Å². The highest BCUT2D eigenvalue weighted by Gasteiger charge is 2.75. The van der Waals surface area contributed by atoms with E-state index in [4.69, 9.17) is 33.2 Å². The highest BCUT2D eigenvalue weighted by atomic mass is 16.6. The van der Waals surface area contributed by atoms with Gasteiger partial charge in [0.05, 0.1) is 60.3 Å². The van der Waals surface area contributed by atoms with E-state index in [9.17, 15) is 49.0 Å². The number of methoxy groups -OCH3 is 4. The monoisotopic (exact) mass is 1910 g/mol. The van der Waals surface area contributed by atoms with Crippen LogP contribution in [0.3, 0.4) is 0 Å². The Bertz CT molecular complexity index is 4920. The minimum absolute atomic E-state index is 0.00928. The maximum absolute atomic E-state index is 13.5. The first kappa shape index (κ1) is 108. The van der Waals surface area contributed by atoms with E-state index in [0.717, 1.165) is 183 Å². The molecule has 0 aromatic carbocycles. The van der Waals surface area contributed by atoms with Crippen LogP contribution in [0.1, 0.15) is 324 Å². The van der Waals surface area contributed by atoms with Gasteiger partial charge in [0.15, 0.2) is 5.78 Å². The molecule has 19 aliphatic rings. The van der Waals surface area contributed by atoms with E-state index in [1.165, 1.54) is 35.1 Å². The van der Waals surface area contributed by atoms with Gasteiger partial charge >= 0.3 is 11.9 Å². The minimum Gasteiger partial charge on any atom is -0.461 e. The van der Waals surface area contributed by atoms with Crippen molar-refractivity contribution in [1.29, 1.82) is 0 Å². The van der Waals surface area contributed by atoms with Crippen molar-refractivity contribution in [1.82, 2.24) is 0 Å². The zero-order valence-corrected chi connectivity index (χ0v) is 89.3. The van der Waals surface area contributed by atoms with Crippen molar-refractivity contribution in [3.8, 4) is 0 Å². The molecule has 1 spiro atoms. The zero-order valence-electron chi connectivity index (χ0n) is 89.3. The van der Waals surface area contributed by atoms with Gasteiger partial charge in [-0.1, -0.05) is 155 Å². The number of hydrogen-bond acceptors (Lipinski definition) is 18. The Morgan fingerprint density at radius 2 is 0.841 bits per heavy atom. The number of aliphatic hydroxyl groups excluding tert-OH is 2. The number of ketones is 5. The third kappa shape index (κ3) is 16.6. The van der Waals surface area contributed by atoms with Crippen LogP contribution in [0.5, 0.6) is 0 Å². The number of oxime groups is 1. The lowest BCUT2D eigenvalue weighted by atomic mass is 9.44. The number of rotatable bonds is 13. The molecular formula is C120H179NO17. The second-order valence-electron chi connectivity index (χ2n) is 50.6. The summed E-state index contributed by atoms with van der Waals surface area (Å²) in [6, 6.07) is 0. The first-order chi connectivity index (χ1) is 64.8. The molecule has 3 saturated heterocycles. The summed E-state index contributed by atoms with van der Waals surface area (Å²) in [5.41, 5.74) is 5.21. The summed E-state index contributed by atoms with van der Waals surface area (Å²) in [7, 11) is 7.22. The number of esters is 2. The molecule has 10 saturated carbocycles. The van der Waals surface area contributed by atoms with Crippen LogP contribution in [0.2, 0.25) is 0 Å². The molecule has 0 radical (unpaired) electrons. The first-order valence-electron chi connectivity index (χ1n) is 53.9. The summed E-state index contributed by atoms with van der Waals surface area (Å²) in [6.45, 7) is 69.9. The van der Waals surface area contributed by atoms with Crippen molar-refractivity contribution in [3.63, 3.8) is 0 Å². The molecular weight excluding hydrogens is 1730 g/mol. The Labute approximate surface area is 829 Å². The lowest BCUT2D eigenvalue weighted by Gasteiger charge is -2.61. The fraction of sp³-hybridized carbons (Fsp3) is 0.767. The highest BCUT2D eigenvalue weighted by Crippen LogP contribution is 2.73. The Balaban J connectivity index is 0.000000132. The van der Waals surface area contributed by atoms with E-state index in [2.05, 4.69) is 155 Å². The van der Waals surface area contributed by atoms with E-state index in [1.54, 1.807) is 32.4 Å². The van der Waals surface area contributed by atoms with Gasteiger partial charge in [0, 0.05) is 132 Å². The number of carbonyl (C=O) groups excluding carboxylic acids is 7. The van der Waals surface area contributed by atoms with Crippen molar-refractivity contribution in [2.24, 2.45) is 170 Å². The molecule has 3 aliphatic heterocycles. The number of Topliss-reactive ketones (excluding diaryl/α,β-unsaturated/α-hetero) is 5. The molecule has 18 nitrogen and oxygen atoms in total. The molecule has 37 atom stereocenters. The maximum Gasteiger partial charge on any atom is 0.316 e. The van der Waals surface area contributed by atoms with Crippen LogP contribution in [-0.2, 0) is 66.7 Å². The van der Waals surface area contributed by atoms with Gasteiger partial charge in [0.2, 0.25) is 0 Å². The second-order valence-corrected chi connectivity index (χ2v) is 50.6. The first-order valence-corrected chi connectivity index (χ1v) is 53.9. The molecule has 19 rings (SSSR count). The average molecular weight is 1910 g/mol. The van der Waals surface area contributed by atoms with Crippen LogP contribution in [0.15, 0.2) is 127 Å². The summed E-state index contributed by atoms with van der Waals surface area (Å²) < 4.78 is 41.3. The predicted molar refractivity (Wildman–Crippen MR) is 544 cm³/mol. The number of allylic oxidation sites excluding steroid dienone is 6. The van der Waals surface area contributed by atoms with Crippen LogP contribution in [-0.4, -0.2) is 152 Å². The Morgan fingerprint density at radius 1 is 0.428 bits per heavy atom. The fourth-order valence-electron chi connectivity index (χ4n) is 34.3. The molecule has 8 bridgehead atoms. The van der Waals surface area contributed by atoms with Gasteiger partial charge in [-0.15, -0.1) is 39.5 Å². The fourth-order valence-corrected chi connectivity index (χ4v) is 34.3. The normalized spacial score (nSPS) is 49.1. The number of nitrogens with zero attached hydrogens (tertiary/aromatic N) is 1. The van der Waals surface area contributed by atoms with Gasteiger partial charge in [-0.3, -0.25) is 33.6 Å². The molecule has 3 N–H and O–H groups in total. The third-order valence-electron chi connectivity index (χ3n) is 44.8. The number of epoxide rings is 1. The number of fused-ring (bicyclic) bond motifs is 2. The molecule has 13 fully saturated rings. The smallest absolute Gasteiger partial charge is 0.316 e. The van der Waals surface area contributed by atoms with Gasteiger partial charge in [-0.05, 0) is 307 Å². The summed E-state index contributed by atoms with van der Waals surface area (Å²) in [4.78, 5) is 90.6. The van der Waals surface area contributed by atoms with Crippen molar-refractivity contribution in [2.75, 3.05) is 41.7 Å². The number of ether oxygens (including phenoxy) is 7. The molecule has 0 amide bonds. The standard InChI is InChI=1S/C21H32O3.C21H34O3.C21H32O3.C21H32O2.C18H25NO3.C18H24O3/c1-6-19(4)11-15-13(2)7-9-20(14(3)18(19)22)10-8-16(23-5)17(20)21(15)12-24-21;1-7-19(4)12-16(22)20(5)13(2)8-10-21(14(3)18(19)23)11-9-15(24-6)17(20)21;1-6-20(4)11-15-13(2)7-9-21(14(3)19(20)23)10-8-17(24-5)18(21)16(15)12-22;1-7-20(5)12-16-13(2)8-10-21(15(4)19(20)22)11-9-17(23-6)18(21)14(16)3;1-5-17(3)10-14(22-16(17)20)18(4)11(2)6-7-12-8-9-13(19-21)15(12)18;1-5-17(3)10-14(21-16(17)20)18(4)11(2)6-7-12-8-9-13(19)15(12)18/h6,13-17H,1,7-12H2,2-5H3;7,13-17,22H,1,8-12H2,2-6H3;6,13-15,17,22H,1,7-12H2,2-5H3;7,13,15-18H,1,3,8-12H2,2,4-6H3;5,11,14,21H,1,6-10H2,2-4H3;5,11,14H,1,6-10H2,2-4H3/b;;;;19-13-;/t13-,14+,15-,16-,17?,19-,20+,21-;13-,14+,15-,16-,17?,19-,20+,21+;13-,14+,15-,17-,20-,21+;13-,15+,16-,17-,18?,20-,21+;2*11-,14-,17-,18+/m111111/s1. The second kappa shape index (κ2) is 39.0. The Kier molecular flexibility index (Phi) is 30.4. The van der Waals surface area contributed by atoms with E-state index >= 15 is 0 Å². The number of aliphatic hydroxyl groups is 2. The average Bonchev–Trinajstić information content (AvgIpc) is 1.56. The summed E-state index contributed by atoms with van der Waals surface area (Å²) >= 11 is 0. The van der Waals surface area contributed by atoms with Gasteiger partial charge in [0.1, 0.15) is 40.9 Å². The number of cyclic esters (lactones) is 2. The van der Waals surface area contributed by atoms with E-state index in [1.807, 2.05) is 60.1 Å². The summed E-state index contributed by atoms with van der Waals surface area (Å²) in [5.74, 6) is 6.13. The van der Waals surface area contributed by atoms with Gasteiger partial charge in [-0.25, -0.2) is 0 Å². The lowest BCUT2D eigenvalue weighted by Crippen LogP contribution is -2.62. The molecule has 0 aromatic rings. The Hall–Kier alpha value is -6.12. The third-order valence-corrected chi connectivity index (χ3v) is 44.8. The number of hydrogen-bond donors (Lipinski definition) is 3. The van der Waals surface area contributed by atoms with Crippen molar-refractivity contribution < 1.29 is 82.1 Å². The van der Waals surface area contributed by atoms with E-state index in [0.29, 0.717) is 102 Å². The van der Waals surface area contributed by atoms with Crippen LogP contribution in [0.25, 0.3) is 0 Å². The largest absolute Gasteiger partial charge is 0.461 e. The van der Waals surface area contributed by atoms with Crippen molar-refractivity contribution >= 4 is 46.6 Å². The van der Waals surface area contributed by atoms with Crippen LogP contribution in [0.4, 0.5) is 0 Å². The van der Waals surface area contributed by atoms with Crippen LogP contribution in [0, 0.1) is 165 Å². The zero-order chi connectivity index (χ0) is 101. The Morgan fingerprint density at radius 3 is 1.34 bits per heavy atom. The number of carbonyl (C=O) groups is 7. The quantitative estimate of drug-likeness (QED) is 0.0509. The van der Waals surface area contributed by atoms with Gasteiger partial charge in [0.25, 0.3) is 0 Å². The SMILES string of the molecule is C=C[C@]1(C)C[C@@H](O)[C@@]2(C)C3[C@H](OC)CC[C@@]3(CC[C@H]2C)[C@@H](C)C1=O.C=C[C@]1(C)C[C@@H]2[C@H](C)CC[C@]3(CC[C@@H](OC)C3[C@@]23CO3)[C@@H](C)C1=O.C=C[C@]1(C)C[C@H]([C@@]2(C)C3=C(CC/C3=N/O)CC[C@H]2C)OC1=O.C=C[C@]1(C)C[C@H]([C@@]2(C)C3=C(CCC3=O)CC[C@H]2C)OC1=O.C=C[C@]1(C)C[C@H]2C(=C)C3[C@H](OC)CC[C@@]3(CC[C@H]2C)[C@@H](C)C1=O.C=C[C@]1(C)C[C@H]2C(CO)=C3[C@H](OC)CC[C@@]3(CC[C@H]2C)[C@@H](C)C1=O. The summed E-state index contributed by atoms with van der Waals surface area (Å²) in [5, 5.41) is 34.6. The minimum atomic E-state index is -0.639. The van der Waals surface area contributed by atoms with Crippen LogP contribution >= 0.6 is 0 Å². The lowest BCUT2D eigenvalue weighted by molar-refractivity contribution is -0.188. The molecule has 18 heteroatoms. The van der Waals surface area contributed by atoms with Gasteiger partial charge in [-0.2, -0.15) is 0 Å². The molecule has 0 aromatic heterocycles. The topological polar surface area (TPSA) is 260 Å².